The highest BCUT2D eigenvalue weighted by atomic mass is 16.1. The zero-order chi connectivity index (χ0) is 13.6. The van der Waals surface area contributed by atoms with E-state index in [9.17, 15) is 4.79 Å². The molecule has 4 heteroatoms. The Bertz CT molecular complexity index is 548. The normalized spacial score (nSPS) is 21.4. The van der Waals surface area contributed by atoms with Gasteiger partial charge in [0.15, 0.2) is 0 Å². The van der Waals surface area contributed by atoms with Crippen LogP contribution in [0.2, 0.25) is 0 Å². The first-order valence-electron chi connectivity index (χ1n) is 7.05. The highest BCUT2D eigenvalue weighted by Crippen LogP contribution is 2.36. The van der Waals surface area contributed by atoms with Crippen LogP contribution in [0.5, 0.6) is 0 Å². The van der Waals surface area contributed by atoms with Gasteiger partial charge in [0.05, 0.1) is 5.69 Å². The van der Waals surface area contributed by atoms with Gasteiger partial charge in [0, 0.05) is 45.3 Å². The number of hydrogen-bond acceptors (Lipinski definition) is 3. The Kier molecular flexibility index (Phi) is 2.96. The van der Waals surface area contributed by atoms with Crippen LogP contribution in [-0.4, -0.2) is 34.3 Å². The fraction of sp³-hybridized carbons (Fsp3) is 0.600. The van der Waals surface area contributed by atoms with E-state index < -0.39 is 0 Å². The minimum absolute atomic E-state index is 0.156. The molecule has 19 heavy (non-hydrogen) atoms. The number of allylic oxidation sites excluding steroid dienone is 1. The van der Waals surface area contributed by atoms with E-state index in [1.54, 1.807) is 0 Å². The number of imidazole rings is 1. The predicted octanol–water partition coefficient (Wildman–Crippen LogP) is 2.26. The van der Waals surface area contributed by atoms with Crippen molar-refractivity contribution in [1.29, 1.82) is 0 Å². The molecule has 0 unspecified atom stereocenters. The lowest BCUT2D eigenvalue weighted by molar-refractivity contribution is 0.103. The number of fused-ring (bicyclic) bond motifs is 1. The summed E-state index contributed by atoms with van der Waals surface area (Å²) < 4.78 is 2.05. The Labute approximate surface area is 114 Å². The van der Waals surface area contributed by atoms with Gasteiger partial charge in [-0.2, -0.15) is 0 Å². The molecule has 1 heterocycles. The molecule has 1 fully saturated rings. The van der Waals surface area contributed by atoms with Gasteiger partial charge in [-0.15, -0.1) is 0 Å². The number of carbonyl (C=O) groups excluding carboxylic acids is 1. The maximum Gasteiger partial charge on any atom is 0.209 e. The number of Topliss-reactive ketones (excluding diaryl/α,β-unsaturated/α-hetero) is 1. The Hall–Kier alpha value is -1.58. The van der Waals surface area contributed by atoms with Gasteiger partial charge in [0.25, 0.3) is 0 Å². The molecule has 0 N–H and O–H groups in total. The number of rotatable bonds is 2. The summed E-state index contributed by atoms with van der Waals surface area (Å²) in [7, 11) is 5.89. The molecule has 0 radical (unpaired) electrons. The summed E-state index contributed by atoms with van der Waals surface area (Å²) in [5.41, 5.74) is 2.65. The summed E-state index contributed by atoms with van der Waals surface area (Å²) in [5.74, 6) is 1.84. The molecule has 1 saturated carbocycles. The Morgan fingerprint density at radius 2 is 2.00 bits per heavy atom. The third kappa shape index (κ3) is 1.99. The van der Waals surface area contributed by atoms with Gasteiger partial charge in [0.2, 0.25) is 5.78 Å². The van der Waals surface area contributed by atoms with Crippen molar-refractivity contribution in [3.8, 4) is 0 Å². The van der Waals surface area contributed by atoms with Crippen LogP contribution in [0.15, 0.2) is 11.8 Å². The van der Waals surface area contributed by atoms with Crippen LogP contribution in [0.25, 0.3) is 0 Å². The summed E-state index contributed by atoms with van der Waals surface area (Å²) in [6, 6.07) is 0. The number of carbonyl (C=O) groups is 1. The van der Waals surface area contributed by atoms with E-state index in [4.69, 9.17) is 4.98 Å². The Morgan fingerprint density at radius 3 is 2.58 bits per heavy atom. The van der Waals surface area contributed by atoms with Gasteiger partial charge in [0.1, 0.15) is 11.5 Å². The van der Waals surface area contributed by atoms with Crippen molar-refractivity contribution in [3.05, 3.63) is 29.0 Å². The molecule has 2 aliphatic rings. The van der Waals surface area contributed by atoms with E-state index in [0.29, 0.717) is 12.3 Å². The SMILES string of the molecule is CN(C)/C=C1\Cc2nc(C3CCCC3)n(C)c2C1=O. The minimum Gasteiger partial charge on any atom is -0.383 e. The molecule has 1 aromatic rings. The molecule has 0 aliphatic heterocycles. The predicted molar refractivity (Wildman–Crippen MR) is 74.2 cm³/mol. The zero-order valence-corrected chi connectivity index (χ0v) is 11.9. The third-order valence-electron chi connectivity index (χ3n) is 4.20. The quantitative estimate of drug-likeness (QED) is 0.765. The first kappa shape index (κ1) is 12.5. The Balaban J connectivity index is 1.95. The van der Waals surface area contributed by atoms with Crippen LogP contribution in [0.3, 0.4) is 0 Å². The van der Waals surface area contributed by atoms with Crippen molar-refractivity contribution >= 4 is 5.78 Å². The number of hydrogen-bond donors (Lipinski definition) is 0. The van der Waals surface area contributed by atoms with Crippen LogP contribution in [0, 0.1) is 0 Å². The van der Waals surface area contributed by atoms with Gasteiger partial charge in [-0.3, -0.25) is 4.79 Å². The van der Waals surface area contributed by atoms with Crippen molar-refractivity contribution in [1.82, 2.24) is 14.5 Å². The van der Waals surface area contributed by atoms with Gasteiger partial charge in [-0.05, 0) is 12.8 Å². The molecule has 0 aromatic carbocycles. The molecule has 102 valence electrons. The molecule has 0 atom stereocenters. The summed E-state index contributed by atoms with van der Waals surface area (Å²) >= 11 is 0. The van der Waals surface area contributed by atoms with E-state index in [-0.39, 0.29) is 5.78 Å². The van der Waals surface area contributed by atoms with Gasteiger partial charge in [-0.25, -0.2) is 4.98 Å². The van der Waals surface area contributed by atoms with Crippen LogP contribution < -0.4 is 0 Å². The lowest BCUT2D eigenvalue weighted by atomic mass is 10.1. The first-order valence-corrected chi connectivity index (χ1v) is 7.05. The van der Waals surface area contributed by atoms with Crippen molar-refractivity contribution in [2.24, 2.45) is 7.05 Å². The van der Waals surface area contributed by atoms with Gasteiger partial charge >= 0.3 is 0 Å². The monoisotopic (exact) mass is 259 g/mol. The molecule has 0 saturated heterocycles. The fourth-order valence-electron chi connectivity index (χ4n) is 3.36. The van der Waals surface area contributed by atoms with Crippen molar-refractivity contribution in [2.75, 3.05) is 14.1 Å². The summed E-state index contributed by atoms with van der Waals surface area (Å²) in [4.78, 5) is 19.1. The topological polar surface area (TPSA) is 38.1 Å². The van der Waals surface area contributed by atoms with Crippen LogP contribution in [0.1, 0.15) is 53.6 Å². The molecular formula is C15H21N3O. The van der Waals surface area contributed by atoms with Crippen molar-refractivity contribution < 1.29 is 4.79 Å². The molecule has 3 rings (SSSR count). The first-order chi connectivity index (χ1) is 9.08. The molecular weight excluding hydrogens is 238 g/mol. The molecule has 1 aromatic heterocycles. The van der Waals surface area contributed by atoms with E-state index in [1.807, 2.05) is 36.8 Å². The molecule has 2 aliphatic carbocycles. The summed E-state index contributed by atoms with van der Waals surface area (Å²) in [6.45, 7) is 0. The van der Waals surface area contributed by atoms with Crippen LogP contribution in [0.4, 0.5) is 0 Å². The minimum atomic E-state index is 0.156. The van der Waals surface area contributed by atoms with E-state index in [0.717, 1.165) is 22.8 Å². The van der Waals surface area contributed by atoms with Crippen molar-refractivity contribution in [3.63, 3.8) is 0 Å². The summed E-state index contributed by atoms with van der Waals surface area (Å²) in [5, 5.41) is 0. The molecule has 4 nitrogen and oxygen atoms in total. The smallest absolute Gasteiger partial charge is 0.209 e. The maximum absolute atomic E-state index is 12.4. The van der Waals surface area contributed by atoms with E-state index >= 15 is 0 Å². The number of ketones is 1. The second kappa shape index (κ2) is 4.51. The van der Waals surface area contributed by atoms with Crippen molar-refractivity contribution in [2.45, 2.75) is 38.0 Å². The maximum atomic E-state index is 12.4. The number of nitrogens with zero attached hydrogens (tertiary/aromatic N) is 3. The third-order valence-corrected chi connectivity index (χ3v) is 4.20. The lowest BCUT2D eigenvalue weighted by Crippen LogP contribution is -2.11. The number of aromatic nitrogens is 2. The zero-order valence-electron chi connectivity index (χ0n) is 11.9. The molecule has 0 amide bonds. The van der Waals surface area contributed by atoms with E-state index in [1.165, 1.54) is 25.7 Å². The second-order valence-corrected chi connectivity index (χ2v) is 5.93. The molecule has 0 bridgehead atoms. The standard InChI is InChI=1S/C15H21N3O/c1-17(2)9-11-8-12-13(14(11)19)18(3)15(16-12)10-6-4-5-7-10/h9-10H,4-8H2,1-3H3/b11-9+. The fourth-order valence-corrected chi connectivity index (χ4v) is 3.36. The average molecular weight is 259 g/mol. The Morgan fingerprint density at radius 1 is 1.32 bits per heavy atom. The van der Waals surface area contributed by atoms with Crippen LogP contribution in [-0.2, 0) is 13.5 Å². The van der Waals surface area contributed by atoms with Gasteiger partial charge in [-0.1, -0.05) is 12.8 Å². The lowest BCUT2D eigenvalue weighted by Gasteiger charge is -2.11. The highest BCUT2D eigenvalue weighted by molar-refractivity contribution is 6.11. The largest absolute Gasteiger partial charge is 0.383 e. The average Bonchev–Trinajstić information content (AvgIpc) is 3.00. The van der Waals surface area contributed by atoms with Gasteiger partial charge < -0.3 is 9.47 Å². The van der Waals surface area contributed by atoms with Crippen LogP contribution >= 0.6 is 0 Å². The summed E-state index contributed by atoms with van der Waals surface area (Å²) in [6.07, 6.45) is 7.63. The highest BCUT2D eigenvalue weighted by Gasteiger charge is 2.33. The second-order valence-electron chi connectivity index (χ2n) is 5.93. The molecule has 0 spiro atoms. The van der Waals surface area contributed by atoms with E-state index in [2.05, 4.69) is 0 Å².